The van der Waals surface area contributed by atoms with Gasteiger partial charge in [-0.05, 0) is 19.4 Å². The van der Waals surface area contributed by atoms with E-state index in [1.807, 2.05) is 6.07 Å². The van der Waals surface area contributed by atoms with E-state index in [2.05, 4.69) is 10.0 Å². The molecule has 19 heavy (non-hydrogen) atoms. The van der Waals surface area contributed by atoms with Gasteiger partial charge in [-0.25, -0.2) is 0 Å². The highest BCUT2D eigenvalue weighted by Crippen LogP contribution is 2.46. The van der Waals surface area contributed by atoms with E-state index in [0.29, 0.717) is 0 Å². The maximum Gasteiger partial charge on any atom is 0.206 e. The Morgan fingerprint density at radius 1 is 1.53 bits per heavy atom. The van der Waals surface area contributed by atoms with Gasteiger partial charge in [-0.15, -0.1) is 0 Å². The maximum absolute atomic E-state index is 12.2. The first-order valence-corrected chi connectivity index (χ1v) is 5.91. The standard InChI is InChI=1S/C11H14N4O4/c1-10(2)18-9-8(16)7(6-14-15-13)17-11(9,19-10)4-3-5-12/h7,9H,3-4,6H2,1-2H3/t7-,9+,11-/m0/s1. The number of rotatable bonds is 4. The Labute approximate surface area is 109 Å². The summed E-state index contributed by atoms with van der Waals surface area (Å²) < 4.78 is 16.9. The molecule has 0 spiro atoms. The normalized spacial score (nSPS) is 35.5. The van der Waals surface area contributed by atoms with Crippen LogP contribution in [0.4, 0.5) is 0 Å². The van der Waals surface area contributed by atoms with Crippen molar-refractivity contribution < 1.29 is 19.0 Å². The minimum absolute atomic E-state index is 0.104. The molecule has 2 rings (SSSR count). The average molecular weight is 266 g/mol. The molecule has 0 aliphatic carbocycles. The number of Topliss-reactive ketones (excluding diaryl/α,β-unsaturated/α-hetero) is 1. The molecular weight excluding hydrogens is 252 g/mol. The van der Waals surface area contributed by atoms with Gasteiger partial charge in [0.1, 0.15) is 6.10 Å². The van der Waals surface area contributed by atoms with E-state index >= 15 is 0 Å². The topological polar surface area (TPSA) is 117 Å². The predicted octanol–water partition coefficient (Wildman–Crippen LogP) is 1.42. The molecule has 0 aromatic rings. The quantitative estimate of drug-likeness (QED) is 0.433. The summed E-state index contributed by atoms with van der Waals surface area (Å²) in [5.41, 5.74) is 8.29. The van der Waals surface area contributed by atoms with Crippen LogP contribution in [0.25, 0.3) is 10.4 Å². The van der Waals surface area contributed by atoms with Crippen LogP contribution in [0, 0.1) is 11.3 Å². The zero-order valence-corrected chi connectivity index (χ0v) is 10.7. The Morgan fingerprint density at radius 2 is 2.26 bits per heavy atom. The zero-order valence-electron chi connectivity index (χ0n) is 10.7. The van der Waals surface area contributed by atoms with Crippen molar-refractivity contribution in [1.82, 2.24) is 0 Å². The van der Waals surface area contributed by atoms with Crippen molar-refractivity contribution in [2.75, 3.05) is 6.54 Å². The molecule has 0 amide bonds. The van der Waals surface area contributed by atoms with Crippen LogP contribution >= 0.6 is 0 Å². The van der Waals surface area contributed by atoms with Crippen molar-refractivity contribution in [3.63, 3.8) is 0 Å². The van der Waals surface area contributed by atoms with Crippen molar-refractivity contribution in [3.05, 3.63) is 10.4 Å². The molecular formula is C11H14N4O4. The molecule has 8 heteroatoms. The highest BCUT2D eigenvalue weighted by atomic mass is 16.9. The second-order valence-electron chi connectivity index (χ2n) is 4.89. The molecule has 2 heterocycles. The van der Waals surface area contributed by atoms with Crippen molar-refractivity contribution in [2.24, 2.45) is 5.11 Å². The molecule has 0 saturated carbocycles. The lowest BCUT2D eigenvalue weighted by Crippen LogP contribution is -2.39. The lowest BCUT2D eigenvalue weighted by molar-refractivity contribution is -0.258. The number of azide groups is 1. The molecule has 0 unspecified atom stereocenters. The number of fused-ring (bicyclic) bond motifs is 1. The third-order valence-corrected chi connectivity index (χ3v) is 3.03. The van der Waals surface area contributed by atoms with Crippen molar-refractivity contribution >= 4 is 5.78 Å². The molecule has 0 radical (unpaired) electrons. The van der Waals surface area contributed by atoms with Gasteiger partial charge in [-0.3, -0.25) is 4.79 Å². The van der Waals surface area contributed by atoms with Crippen molar-refractivity contribution in [2.45, 2.75) is 50.5 Å². The van der Waals surface area contributed by atoms with Crippen molar-refractivity contribution in [1.29, 1.82) is 5.26 Å². The summed E-state index contributed by atoms with van der Waals surface area (Å²) in [5, 5.41) is 12.0. The molecule has 2 saturated heterocycles. The maximum atomic E-state index is 12.2. The SMILES string of the molecule is CC1(C)O[C@@H]2C(=O)[C@H](CN=[N+]=[N-])O[C@@]2(CCC#N)O1. The van der Waals surface area contributed by atoms with Gasteiger partial charge in [-0.1, -0.05) is 5.11 Å². The van der Waals surface area contributed by atoms with Gasteiger partial charge in [0.05, 0.1) is 12.6 Å². The van der Waals surface area contributed by atoms with Gasteiger partial charge in [0, 0.05) is 17.8 Å². The predicted molar refractivity (Wildman–Crippen MR) is 61.5 cm³/mol. The van der Waals surface area contributed by atoms with Gasteiger partial charge in [-0.2, -0.15) is 5.26 Å². The first-order valence-electron chi connectivity index (χ1n) is 5.91. The van der Waals surface area contributed by atoms with Crippen molar-refractivity contribution in [3.8, 4) is 6.07 Å². The highest BCUT2D eigenvalue weighted by Gasteiger charge is 2.64. The first-order chi connectivity index (χ1) is 8.94. The molecule has 3 atom stereocenters. The number of nitriles is 1. The van der Waals surface area contributed by atoms with Crippen LogP contribution < -0.4 is 0 Å². The zero-order chi connectivity index (χ0) is 14.1. The third-order valence-electron chi connectivity index (χ3n) is 3.03. The van der Waals surface area contributed by atoms with Crippen LogP contribution in [0.15, 0.2) is 5.11 Å². The van der Waals surface area contributed by atoms with E-state index < -0.39 is 23.8 Å². The summed E-state index contributed by atoms with van der Waals surface area (Å²) in [6.07, 6.45) is -1.35. The summed E-state index contributed by atoms with van der Waals surface area (Å²) in [4.78, 5) is 14.8. The van der Waals surface area contributed by atoms with Gasteiger partial charge >= 0.3 is 0 Å². The highest BCUT2D eigenvalue weighted by molar-refractivity contribution is 5.91. The van der Waals surface area contributed by atoms with Gasteiger partial charge in [0.25, 0.3) is 0 Å². The Balaban J connectivity index is 2.22. The van der Waals surface area contributed by atoms with Gasteiger partial charge in [0.2, 0.25) is 5.79 Å². The second-order valence-corrected chi connectivity index (χ2v) is 4.89. The number of ether oxygens (including phenoxy) is 3. The number of hydrogen-bond acceptors (Lipinski definition) is 6. The van der Waals surface area contributed by atoms with E-state index in [4.69, 9.17) is 25.0 Å². The number of carbonyl (C=O) groups is 1. The Hall–Kier alpha value is -1.65. The summed E-state index contributed by atoms with van der Waals surface area (Å²) in [6.45, 7) is 3.25. The van der Waals surface area contributed by atoms with E-state index in [-0.39, 0.29) is 25.2 Å². The molecule has 0 aromatic carbocycles. The molecule has 0 bridgehead atoms. The summed E-state index contributed by atoms with van der Waals surface area (Å²) >= 11 is 0. The second kappa shape index (κ2) is 4.79. The summed E-state index contributed by atoms with van der Waals surface area (Å²) in [7, 11) is 0. The van der Waals surface area contributed by atoms with E-state index in [1.165, 1.54) is 0 Å². The fourth-order valence-electron chi connectivity index (χ4n) is 2.40. The number of hydrogen-bond donors (Lipinski definition) is 0. The average Bonchev–Trinajstić information content (AvgIpc) is 2.75. The molecule has 2 aliphatic heterocycles. The van der Waals surface area contributed by atoms with Gasteiger partial charge < -0.3 is 14.2 Å². The Bertz CT molecular complexity index is 480. The molecule has 2 aliphatic rings. The molecule has 102 valence electrons. The van der Waals surface area contributed by atoms with Crippen LogP contribution in [0.1, 0.15) is 26.7 Å². The number of carbonyl (C=O) groups excluding carboxylic acids is 1. The van der Waals surface area contributed by atoms with Crippen LogP contribution in [0.2, 0.25) is 0 Å². The number of ketones is 1. The molecule has 0 N–H and O–H groups in total. The summed E-state index contributed by atoms with van der Waals surface area (Å²) in [5.74, 6) is -2.50. The Kier molecular flexibility index (Phi) is 3.47. The largest absolute Gasteiger partial charge is 0.335 e. The molecule has 8 nitrogen and oxygen atoms in total. The molecule has 0 aromatic heterocycles. The fourth-order valence-corrected chi connectivity index (χ4v) is 2.40. The number of nitrogens with zero attached hydrogens (tertiary/aromatic N) is 4. The summed E-state index contributed by atoms with van der Waals surface area (Å²) in [6, 6.07) is 1.99. The monoisotopic (exact) mass is 266 g/mol. The minimum Gasteiger partial charge on any atom is -0.335 e. The third kappa shape index (κ3) is 2.41. The van der Waals surface area contributed by atoms with Crippen LogP contribution in [0.3, 0.4) is 0 Å². The van der Waals surface area contributed by atoms with E-state index in [1.54, 1.807) is 13.8 Å². The smallest absolute Gasteiger partial charge is 0.206 e. The lowest BCUT2D eigenvalue weighted by atomic mass is 10.0. The van der Waals surface area contributed by atoms with Crippen LogP contribution in [-0.2, 0) is 19.0 Å². The fraction of sp³-hybridized carbons (Fsp3) is 0.818. The minimum atomic E-state index is -1.24. The lowest BCUT2D eigenvalue weighted by Gasteiger charge is -2.27. The van der Waals surface area contributed by atoms with E-state index in [9.17, 15) is 4.79 Å². The Morgan fingerprint density at radius 3 is 2.89 bits per heavy atom. The molecule has 2 fully saturated rings. The first kappa shape index (κ1) is 13.8. The van der Waals surface area contributed by atoms with Gasteiger partial charge in [0.15, 0.2) is 17.7 Å². The van der Waals surface area contributed by atoms with Crippen LogP contribution in [-0.4, -0.2) is 36.1 Å². The van der Waals surface area contributed by atoms with E-state index in [0.717, 1.165) is 0 Å². The van der Waals surface area contributed by atoms with Crippen LogP contribution in [0.5, 0.6) is 0 Å².